The molecule has 3 aliphatic rings. The SMILES string of the molecule is C=CCN(C(=O)C1N(CCCCO)C(=O)[C@@H]2[C@H](C(=O)OCC)[C@]3(CC)CCC12O3)C(C)(C)C. The summed E-state index contributed by atoms with van der Waals surface area (Å²) in [5.41, 5.74) is -2.32. The smallest absolute Gasteiger partial charge is 0.312 e. The average Bonchev–Trinajstić information content (AvgIpc) is 3.35. The van der Waals surface area contributed by atoms with Crippen molar-refractivity contribution >= 4 is 17.8 Å². The van der Waals surface area contributed by atoms with Crippen molar-refractivity contribution in [3.63, 3.8) is 0 Å². The van der Waals surface area contributed by atoms with E-state index in [9.17, 15) is 19.5 Å². The maximum Gasteiger partial charge on any atom is 0.312 e. The fourth-order valence-electron chi connectivity index (χ4n) is 6.19. The largest absolute Gasteiger partial charge is 0.466 e. The Balaban J connectivity index is 2.10. The third-order valence-electron chi connectivity index (χ3n) is 7.65. The second kappa shape index (κ2) is 9.37. The van der Waals surface area contributed by atoms with Gasteiger partial charge in [0.2, 0.25) is 11.8 Å². The van der Waals surface area contributed by atoms with Crippen LogP contribution in [-0.2, 0) is 23.9 Å². The van der Waals surface area contributed by atoms with E-state index in [-0.39, 0.29) is 25.0 Å². The van der Waals surface area contributed by atoms with Crippen molar-refractivity contribution in [2.24, 2.45) is 11.8 Å². The van der Waals surface area contributed by atoms with Crippen molar-refractivity contribution in [1.29, 1.82) is 0 Å². The van der Waals surface area contributed by atoms with Crippen molar-refractivity contribution in [3.05, 3.63) is 12.7 Å². The van der Waals surface area contributed by atoms with Crippen molar-refractivity contribution in [2.75, 3.05) is 26.3 Å². The number of aliphatic hydroxyl groups is 1. The number of nitrogens with zero attached hydrogens (tertiary/aromatic N) is 2. The van der Waals surface area contributed by atoms with E-state index in [2.05, 4.69) is 6.58 Å². The molecule has 8 nitrogen and oxygen atoms in total. The summed E-state index contributed by atoms with van der Waals surface area (Å²) in [6.45, 7) is 14.3. The Hall–Kier alpha value is -1.93. The van der Waals surface area contributed by atoms with Gasteiger partial charge in [-0.2, -0.15) is 0 Å². The number of amides is 2. The monoisotopic (exact) mass is 464 g/mol. The number of carbonyl (C=O) groups is 3. The lowest BCUT2D eigenvalue weighted by molar-refractivity contribution is -0.162. The third kappa shape index (κ3) is 3.99. The number of hydrogen-bond donors (Lipinski definition) is 1. The van der Waals surface area contributed by atoms with Gasteiger partial charge in [0.1, 0.15) is 17.6 Å². The van der Waals surface area contributed by atoms with Gasteiger partial charge >= 0.3 is 5.97 Å². The molecule has 3 heterocycles. The highest BCUT2D eigenvalue weighted by atomic mass is 16.6. The molecule has 8 heteroatoms. The highest BCUT2D eigenvalue weighted by molar-refractivity contribution is 5.98. The number of esters is 1. The molecule has 2 amide bonds. The first kappa shape index (κ1) is 25.7. The molecule has 2 unspecified atom stereocenters. The third-order valence-corrected chi connectivity index (χ3v) is 7.65. The lowest BCUT2D eigenvalue weighted by Gasteiger charge is -2.42. The Kier molecular flexibility index (Phi) is 7.30. The van der Waals surface area contributed by atoms with Gasteiger partial charge in [-0.1, -0.05) is 13.0 Å². The Morgan fingerprint density at radius 2 is 2.00 bits per heavy atom. The van der Waals surface area contributed by atoms with Gasteiger partial charge in [-0.15, -0.1) is 6.58 Å². The molecule has 3 fully saturated rings. The second-order valence-corrected chi connectivity index (χ2v) is 10.5. The standard InChI is InChI=1S/C25H40N2O6/c1-7-14-27(23(4,5)6)21(30)19-25-13-12-24(8-2,33-25)18(22(31)32-9-3)17(25)20(29)26(19)15-10-11-16-28/h7,17-19,28H,1,8-16H2,2-6H3/t17-,18+,19?,24-,25?/m0/s1. The van der Waals surface area contributed by atoms with E-state index in [0.29, 0.717) is 45.2 Å². The van der Waals surface area contributed by atoms with Crippen LogP contribution in [-0.4, -0.2) is 81.8 Å². The fourth-order valence-corrected chi connectivity index (χ4v) is 6.19. The van der Waals surface area contributed by atoms with Crippen LogP contribution in [0, 0.1) is 11.8 Å². The molecule has 0 aromatic carbocycles. The van der Waals surface area contributed by atoms with Crippen LogP contribution in [0.4, 0.5) is 0 Å². The van der Waals surface area contributed by atoms with Crippen LogP contribution in [0.2, 0.25) is 0 Å². The van der Waals surface area contributed by atoms with Crippen LogP contribution in [0.25, 0.3) is 0 Å². The van der Waals surface area contributed by atoms with Crippen molar-refractivity contribution < 1.29 is 29.0 Å². The van der Waals surface area contributed by atoms with Gasteiger partial charge in [-0.05, 0) is 59.8 Å². The second-order valence-electron chi connectivity index (χ2n) is 10.5. The summed E-state index contributed by atoms with van der Waals surface area (Å²) in [7, 11) is 0. The molecule has 0 aromatic heterocycles. The number of rotatable bonds is 10. The molecular formula is C25H40N2O6. The molecule has 1 N–H and O–H groups in total. The van der Waals surface area contributed by atoms with Crippen LogP contribution >= 0.6 is 0 Å². The van der Waals surface area contributed by atoms with E-state index in [1.54, 1.807) is 22.8 Å². The van der Waals surface area contributed by atoms with E-state index >= 15 is 0 Å². The summed E-state index contributed by atoms with van der Waals surface area (Å²) in [5.74, 6) is -2.27. The van der Waals surface area contributed by atoms with Gasteiger partial charge in [0.05, 0.1) is 18.1 Å². The topological polar surface area (TPSA) is 96.4 Å². The molecular weight excluding hydrogens is 424 g/mol. The van der Waals surface area contributed by atoms with Crippen LogP contribution in [0.5, 0.6) is 0 Å². The lowest BCUT2D eigenvalue weighted by Crippen LogP contribution is -2.60. The molecule has 5 atom stereocenters. The number of ether oxygens (including phenoxy) is 2. The summed E-state index contributed by atoms with van der Waals surface area (Å²) in [4.78, 5) is 44.5. The predicted octanol–water partition coefficient (Wildman–Crippen LogP) is 2.29. The van der Waals surface area contributed by atoms with E-state index in [1.165, 1.54) is 0 Å². The minimum Gasteiger partial charge on any atom is -0.466 e. The molecule has 1 spiro atoms. The summed E-state index contributed by atoms with van der Waals surface area (Å²) >= 11 is 0. The summed E-state index contributed by atoms with van der Waals surface area (Å²) in [6.07, 6.45) is 4.51. The van der Waals surface area contributed by atoms with E-state index < -0.39 is 40.6 Å². The molecule has 33 heavy (non-hydrogen) atoms. The zero-order valence-corrected chi connectivity index (χ0v) is 20.8. The maximum atomic E-state index is 14.1. The quantitative estimate of drug-likeness (QED) is 0.303. The van der Waals surface area contributed by atoms with Gasteiger partial charge in [-0.25, -0.2) is 0 Å². The number of hydrogen-bond acceptors (Lipinski definition) is 6. The minimum absolute atomic E-state index is 0.0146. The molecule has 0 aliphatic carbocycles. The first-order valence-corrected chi connectivity index (χ1v) is 12.2. The van der Waals surface area contributed by atoms with Gasteiger partial charge in [0.15, 0.2) is 0 Å². The van der Waals surface area contributed by atoms with Crippen LogP contribution in [0.1, 0.15) is 66.7 Å². The number of carbonyl (C=O) groups excluding carboxylic acids is 3. The van der Waals surface area contributed by atoms with Crippen LogP contribution < -0.4 is 0 Å². The number of likely N-dealkylation sites (tertiary alicyclic amines) is 1. The fraction of sp³-hybridized carbons (Fsp3) is 0.800. The average molecular weight is 465 g/mol. The molecule has 0 aromatic rings. The highest BCUT2D eigenvalue weighted by Crippen LogP contribution is 2.64. The molecule has 2 bridgehead atoms. The van der Waals surface area contributed by atoms with Crippen LogP contribution in [0.3, 0.4) is 0 Å². The Bertz CT molecular complexity index is 792. The highest BCUT2D eigenvalue weighted by Gasteiger charge is 2.79. The minimum atomic E-state index is -1.05. The Morgan fingerprint density at radius 3 is 2.55 bits per heavy atom. The lowest BCUT2D eigenvalue weighted by atomic mass is 9.65. The van der Waals surface area contributed by atoms with E-state index in [0.717, 1.165) is 0 Å². The van der Waals surface area contributed by atoms with Crippen molar-refractivity contribution in [3.8, 4) is 0 Å². The Labute approximate surface area is 197 Å². The Morgan fingerprint density at radius 1 is 1.30 bits per heavy atom. The molecule has 186 valence electrons. The van der Waals surface area contributed by atoms with Crippen LogP contribution in [0.15, 0.2) is 12.7 Å². The van der Waals surface area contributed by atoms with E-state index in [1.807, 2.05) is 27.7 Å². The van der Waals surface area contributed by atoms with Gasteiger partial charge in [-0.3, -0.25) is 14.4 Å². The van der Waals surface area contributed by atoms with Crippen molar-refractivity contribution in [2.45, 2.75) is 89.5 Å². The number of aliphatic hydroxyl groups excluding tert-OH is 1. The zero-order valence-electron chi connectivity index (χ0n) is 20.8. The number of fused-ring (bicyclic) bond motifs is 1. The molecule has 3 saturated heterocycles. The molecule has 3 rings (SSSR count). The molecule has 0 radical (unpaired) electrons. The normalized spacial score (nSPS) is 32.7. The maximum absolute atomic E-state index is 14.1. The first-order chi connectivity index (χ1) is 15.5. The molecule has 0 saturated carbocycles. The van der Waals surface area contributed by atoms with Crippen molar-refractivity contribution in [1.82, 2.24) is 9.80 Å². The van der Waals surface area contributed by atoms with Gasteiger partial charge in [0.25, 0.3) is 0 Å². The zero-order chi connectivity index (χ0) is 24.6. The van der Waals surface area contributed by atoms with Gasteiger partial charge in [0, 0.05) is 25.2 Å². The number of unbranched alkanes of at least 4 members (excludes halogenated alkanes) is 1. The summed E-state index contributed by atoms with van der Waals surface area (Å²) < 4.78 is 12.1. The summed E-state index contributed by atoms with van der Waals surface area (Å²) in [6, 6.07) is -0.819. The molecule has 3 aliphatic heterocycles. The summed E-state index contributed by atoms with van der Waals surface area (Å²) in [5, 5.41) is 9.28. The predicted molar refractivity (Wildman–Crippen MR) is 123 cm³/mol. The van der Waals surface area contributed by atoms with Gasteiger partial charge < -0.3 is 24.4 Å². The first-order valence-electron chi connectivity index (χ1n) is 12.2. The van der Waals surface area contributed by atoms with E-state index in [4.69, 9.17) is 9.47 Å².